The van der Waals surface area contributed by atoms with Crippen molar-refractivity contribution in [2.75, 3.05) is 12.4 Å². The van der Waals surface area contributed by atoms with Crippen molar-refractivity contribution in [2.45, 2.75) is 33.2 Å². The van der Waals surface area contributed by atoms with Crippen LogP contribution < -0.4 is 10.1 Å². The van der Waals surface area contributed by atoms with Gasteiger partial charge in [0.2, 0.25) is 11.7 Å². The zero-order chi connectivity index (χ0) is 16.2. The molecule has 0 spiro atoms. The maximum Gasteiger partial charge on any atom is 0.311 e. The molecule has 1 atom stereocenters. The molecule has 1 rings (SSSR count). The minimum atomic E-state index is -0.993. The standard InChI is InChI=1S/C13H19N3O5/c1-13(2,3)9(7-11(17)18)14-12-8(16(19)20)5-6-10(15-12)21-4/h5-6,9H,7H2,1-4H3,(H,14,15)(H,17,18). The number of pyridine rings is 1. The van der Waals surface area contributed by atoms with E-state index < -0.39 is 22.3 Å². The molecule has 0 radical (unpaired) electrons. The summed E-state index contributed by atoms with van der Waals surface area (Å²) in [6, 6.07) is 2.13. The lowest BCUT2D eigenvalue weighted by molar-refractivity contribution is -0.384. The van der Waals surface area contributed by atoms with Crippen LogP contribution in [0.15, 0.2) is 12.1 Å². The number of hydrogen-bond acceptors (Lipinski definition) is 6. The Morgan fingerprint density at radius 3 is 2.57 bits per heavy atom. The summed E-state index contributed by atoms with van der Waals surface area (Å²) in [5.41, 5.74) is -0.646. The summed E-state index contributed by atoms with van der Waals surface area (Å²) < 4.78 is 4.95. The van der Waals surface area contributed by atoms with E-state index in [0.29, 0.717) is 0 Å². The molecule has 2 N–H and O–H groups in total. The molecule has 1 aromatic rings. The molecule has 0 aliphatic heterocycles. The van der Waals surface area contributed by atoms with Gasteiger partial charge in [0.05, 0.1) is 18.5 Å². The molecule has 0 saturated heterocycles. The highest BCUT2D eigenvalue weighted by atomic mass is 16.6. The van der Waals surface area contributed by atoms with Crippen LogP contribution in [0, 0.1) is 15.5 Å². The number of carboxylic acids is 1. The minimum Gasteiger partial charge on any atom is -0.481 e. The van der Waals surface area contributed by atoms with Gasteiger partial charge in [0.15, 0.2) is 0 Å². The van der Waals surface area contributed by atoms with E-state index in [-0.39, 0.29) is 23.8 Å². The lowest BCUT2D eigenvalue weighted by Gasteiger charge is -2.30. The summed E-state index contributed by atoms with van der Waals surface area (Å²) in [6.45, 7) is 5.54. The molecule has 1 unspecified atom stereocenters. The van der Waals surface area contributed by atoms with Gasteiger partial charge in [0, 0.05) is 18.2 Å². The number of rotatable bonds is 6. The predicted octanol–water partition coefficient (Wildman–Crippen LogP) is 2.30. The molecule has 0 saturated carbocycles. The third-order valence-corrected chi connectivity index (χ3v) is 2.99. The van der Waals surface area contributed by atoms with Gasteiger partial charge in [-0.05, 0) is 5.41 Å². The molecule has 1 heterocycles. The first kappa shape index (κ1) is 16.7. The van der Waals surface area contributed by atoms with Crippen molar-refractivity contribution in [3.8, 4) is 5.88 Å². The highest BCUT2D eigenvalue weighted by Gasteiger charge is 2.29. The minimum absolute atomic E-state index is 0.000486. The average molecular weight is 297 g/mol. The number of ether oxygens (including phenoxy) is 1. The largest absolute Gasteiger partial charge is 0.481 e. The topological polar surface area (TPSA) is 115 Å². The normalized spacial score (nSPS) is 12.6. The van der Waals surface area contributed by atoms with Crippen LogP contribution in [0.25, 0.3) is 0 Å². The van der Waals surface area contributed by atoms with Crippen LogP contribution in [0.5, 0.6) is 5.88 Å². The Hall–Kier alpha value is -2.38. The quantitative estimate of drug-likeness (QED) is 0.611. The van der Waals surface area contributed by atoms with Gasteiger partial charge >= 0.3 is 11.7 Å². The van der Waals surface area contributed by atoms with Crippen molar-refractivity contribution >= 4 is 17.5 Å². The van der Waals surface area contributed by atoms with Crippen LogP contribution in [0.4, 0.5) is 11.5 Å². The third-order valence-electron chi connectivity index (χ3n) is 2.99. The first-order chi connectivity index (χ1) is 9.65. The van der Waals surface area contributed by atoms with E-state index in [1.165, 1.54) is 19.2 Å². The lowest BCUT2D eigenvalue weighted by atomic mass is 9.84. The number of carbonyl (C=O) groups is 1. The first-order valence-corrected chi connectivity index (χ1v) is 6.33. The number of aliphatic carboxylic acids is 1. The van der Waals surface area contributed by atoms with Crippen LogP contribution in [0.2, 0.25) is 0 Å². The number of nitrogens with zero attached hydrogens (tertiary/aromatic N) is 2. The lowest BCUT2D eigenvalue weighted by Crippen LogP contribution is -2.36. The molecule has 0 aliphatic rings. The fraction of sp³-hybridized carbons (Fsp3) is 0.538. The Bertz CT molecular complexity index is 539. The monoisotopic (exact) mass is 297 g/mol. The van der Waals surface area contributed by atoms with E-state index in [1.807, 2.05) is 20.8 Å². The van der Waals surface area contributed by atoms with E-state index in [0.717, 1.165) is 0 Å². The van der Waals surface area contributed by atoms with Crippen LogP contribution in [0.3, 0.4) is 0 Å². The number of anilines is 1. The van der Waals surface area contributed by atoms with Gasteiger partial charge < -0.3 is 15.2 Å². The molecule has 116 valence electrons. The number of methoxy groups -OCH3 is 1. The van der Waals surface area contributed by atoms with Gasteiger partial charge in [-0.25, -0.2) is 0 Å². The van der Waals surface area contributed by atoms with Gasteiger partial charge in [-0.3, -0.25) is 14.9 Å². The molecular formula is C13H19N3O5. The first-order valence-electron chi connectivity index (χ1n) is 6.33. The van der Waals surface area contributed by atoms with E-state index in [1.54, 1.807) is 0 Å². The molecule has 21 heavy (non-hydrogen) atoms. The maximum atomic E-state index is 11.0. The molecule has 1 aromatic heterocycles. The van der Waals surface area contributed by atoms with Gasteiger partial charge in [0.25, 0.3) is 0 Å². The molecule has 0 amide bonds. The van der Waals surface area contributed by atoms with Crippen LogP contribution in [0.1, 0.15) is 27.2 Å². The summed E-state index contributed by atoms with van der Waals surface area (Å²) in [6.07, 6.45) is -0.181. The number of aromatic nitrogens is 1. The summed E-state index contributed by atoms with van der Waals surface area (Å²) in [5, 5.41) is 22.9. The number of carboxylic acid groups (broad SMARTS) is 1. The summed E-state index contributed by atoms with van der Waals surface area (Å²) >= 11 is 0. The molecule has 0 bridgehead atoms. The molecule has 8 heteroatoms. The van der Waals surface area contributed by atoms with Gasteiger partial charge in [-0.2, -0.15) is 4.98 Å². The van der Waals surface area contributed by atoms with Crippen molar-refractivity contribution in [1.29, 1.82) is 0 Å². The highest BCUT2D eigenvalue weighted by molar-refractivity contribution is 5.69. The van der Waals surface area contributed by atoms with E-state index in [2.05, 4.69) is 10.3 Å². The van der Waals surface area contributed by atoms with Gasteiger partial charge in [-0.15, -0.1) is 0 Å². The second-order valence-electron chi connectivity index (χ2n) is 5.64. The Labute approximate surface area is 122 Å². The third kappa shape index (κ3) is 4.59. The number of hydrogen-bond donors (Lipinski definition) is 2. The fourth-order valence-electron chi connectivity index (χ4n) is 1.71. The molecule has 0 aromatic carbocycles. The Morgan fingerprint density at radius 1 is 1.52 bits per heavy atom. The molecule has 8 nitrogen and oxygen atoms in total. The van der Waals surface area contributed by atoms with Crippen LogP contribution in [-0.4, -0.2) is 34.1 Å². The summed E-state index contributed by atoms with van der Waals surface area (Å²) in [4.78, 5) is 25.4. The SMILES string of the molecule is COc1ccc([N+](=O)[O-])c(NC(CC(=O)O)C(C)(C)C)n1. The highest BCUT2D eigenvalue weighted by Crippen LogP contribution is 2.30. The van der Waals surface area contributed by atoms with Crippen molar-refractivity contribution in [3.63, 3.8) is 0 Å². The van der Waals surface area contributed by atoms with Crippen LogP contribution >= 0.6 is 0 Å². The predicted molar refractivity (Wildman–Crippen MR) is 76.6 cm³/mol. The van der Waals surface area contributed by atoms with Crippen molar-refractivity contribution in [3.05, 3.63) is 22.2 Å². The average Bonchev–Trinajstić information content (AvgIpc) is 2.35. The molecular weight excluding hydrogens is 278 g/mol. The maximum absolute atomic E-state index is 11.0. The Balaban J connectivity index is 3.17. The molecule has 0 aliphatic carbocycles. The summed E-state index contributed by atoms with van der Waals surface area (Å²) in [7, 11) is 1.40. The number of nitrogens with one attached hydrogen (secondary N) is 1. The van der Waals surface area contributed by atoms with Crippen molar-refractivity contribution in [2.24, 2.45) is 5.41 Å². The second kappa shape index (κ2) is 6.38. The van der Waals surface area contributed by atoms with Crippen molar-refractivity contribution in [1.82, 2.24) is 4.98 Å². The summed E-state index contributed by atoms with van der Waals surface area (Å²) in [5.74, 6) is -0.778. The van der Waals surface area contributed by atoms with E-state index in [9.17, 15) is 14.9 Å². The van der Waals surface area contributed by atoms with E-state index >= 15 is 0 Å². The van der Waals surface area contributed by atoms with Crippen LogP contribution in [-0.2, 0) is 4.79 Å². The van der Waals surface area contributed by atoms with Gasteiger partial charge in [0.1, 0.15) is 0 Å². The zero-order valence-corrected chi connectivity index (χ0v) is 12.4. The molecule has 0 fully saturated rings. The van der Waals surface area contributed by atoms with E-state index in [4.69, 9.17) is 9.84 Å². The Morgan fingerprint density at radius 2 is 2.14 bits per heavy atom. The zero-order valence-electron chi connectivity index (χ0n) is 12.4. The fourth-order valence-corrected chi connectivity index (χ4v) is 1.71. The smallest absolute Gasteiger partial charge is 0.311 e. The van der Waals surface area contributed by atoms with Gasteiger partial charge in [-0.1, -0.05) is 20.8 Å². The second-order valence-corrected chi connectivity index (χ2v) is 5.64. The number of nitro groups is 1. The Kier molecular flexibility index (Phi) is 5.07. The van der Waals surface area contributed by atoms with Crippen molar-refractivity contribution < 1.29 is 19.6 Å².